The highest BCUT2D eigenvalue weighted by molar-refractivity contribution is 6.03. The minimum Gasteiger partial charge on any atom is -0.355 e. The van der Waals surface area contributed by atoms with Crippen molar-refractivity contribution in [1.82, 2.24) is 5.32 Å². The molecule has 2 aromatic rings. The van der Waals surface area contributed by atoms with Crippen LogP contribution in [0.4, 0.5) is 31.9 Å². The summed E-state index contributed by atoms with van der Waals surface area (Å²) < 4.78 is 13.1. The van der Waals surface area contributed by atoms with Crippen LogP contribution in [0, 0.1) is 11.7 Å². The molecule has 0 spiro atoms. The number of benzene rings is 2. The molecule has 129 valence electrons. The summed E-state index contributed by atoms with van der Waals surface area (Å²) in [6, 6.07) is 9.93. The van der Waals surface area contributed by atoms with Crippen LogP contribution < -0.4 is 16.0 Å². The third kappa shape index (κ3) is 3.60. The maximum absolute atomic E-state index is 13.1. The van der Waals surface area contributed by atoms with Crippen LogP contribution in [-0.4, -0.2) is 6.03 Å². The van der Waals surface area contributed by atoms with Crippen molar-refractivity contribution in [3.8, 4) is 0 Å². The van der Waals surface area contributed by atoms with Gasteiger partial charge in [0, 0.05) is 11.4 Å². The minimum absolute atomic E-state index is 0.258. The fourth-order valence-corrected chi connectivity index (χ4v) is 3.75. The quantitative estimate of drug-likeness (QED) is 0.776. The zero-order valence-corrected chi connectivity index (χ0v) is 14.0. The Kier molecular flexibility index (Phi) is 4.30. The number of halogens is 1. The van der Waals surface area contributed by atoms with Gasteiger partial charge in [-0.1, -0.05) is 32.1 Å². The summed E-state index contributed by atoms with van der Waals surface area (Å²) in [5, 5.41) is 10.2. The number of urea groups is 1. The first-order valence-electron chi connectivity index (χ1n) is 8.89. The molecule has 2 aliphatic rings. The first-order valence-corrected chi connectivity index (χ1v) is 8.89. The molecule has 1 radical (unpaired) electrons. The molecule has 25 heavy (non-hydrogen) atoms. The van der Waals surface area contributed by atoms with Gasteiger partial charge in [-0.25, -0.2) is 9.18 Å². The van der Waals surface area contributed by atoms with Gasteiger partial charge in [-0.2, -0.15) is 5.32 Å². The molecule has 2 amide bonds. The van der Waals surface area contributed by atoms with Gasteiger partial charge in [-0.3, -0.25) is 0 Å². The van der Waals surface area contributed by atoms with Crippen LogP contribution >= 0.6 is 0 Å². The van der Waals surface area contributed by atoms with E-state index in [1.807, 2.05) is 12.1 Å². The molecule has 2 aromatic carbocycles. The second kappa shape index (κ2) is 6.75. The molecule has 0 bridgehead atoms. The lowest BCUT2D eigenvalue weighted by Gasteiger charge is -2.23. The Hall–Kier alpha value is -2.56. The zero-order valence-electron chi connectivity index (χ0n) is 14.0. The van der Waals surface area contributed by atoms with Crippen molar-refractivity contribution >= 4 is 28.8 Å². The van der Waals surface area contributed by atoms with Gasteiger partial charge >= 0.3 is 6.03 Å². The van der Waals surface area contributed by atoms with E-state index in [4.69, 9.17) is 0 Å². The highest BCUT2D eigenvalue weighted by Crippen LogP contribution is 2.37. The third-order valence-electron chi connectivity index (χ3n) is 5.04. The number of hydrogen-bond donors (Lipinski definition) is 2. The lowest BCUT2D eigenvalue weighted by molar-refractivity contribution is 0.256. The molecule has 5 heteroatoms. The summed E-state index contributed by atoms with van der Waals surface area (Å²) in [7, 11) is 0. The maximum atomic E-state index is 13.1. The molecule has 0 saturated heterocycles. The average molecular weight is 338 g/mol. The van der Waals surface area contributed by atoms with Crippen molar-refractivity contribution in [1.29, 1.82) is 0 Å². The number of anilines is 3. The van der Waals surface area contributed by atoms with Crippen molar-refractivity contribution < 1.29 is 9.18 Å². The van der Waals surface area contributed by atoms with E-state index in [1.165, 1.54) is 49.8 Å². The predicted octanol–water partition coefficient (Wildman–Crippen LogP) is 5.47. The lowest BCUT2D eigenvalue weighted by Crippen LogP contribution is -2.10. The topological polar surface area (TPSA) is 55.2 Å². The summed E-state index contributed by atoms with van der Waals surface area (Å²) in [4.78, 5) is 11.6. The van der Waals surface area contributed by atoms with Crippen LogP contribution in [-0.2, 0) is 6.42 Å². The molecule has 1 fully saturated rings. The van der Waals surface area contributed by atoms with Crippen molar-refractivity contribution in [3.63, 3.8) is 0 Å². The summed E-state index contributed by atoms with van der Waals surface area (Å²) in [6.07, 6.45) is 7.40. The summed E-state index contributed by atoms with van der Waals surface area (Å²) in [5.74, 6) is 0.418. The Balaban J connectivity index is 1.63. The Bertz CT molecular complexity index is 782. The van der Waals surface area contributed by atoms with Crippen LogP contribution in [0.3, 0.4) is 0 Å². The third-order valence-corrected chi connectivity index (χ3v) is 5.04. The van der Waals surface area contributed by atoms with E-state index in [1.54, 1.807) is 12.1 Å². The second-order valence-corrected chi connectivity index (χ2v) is 6.91. The van der Waals surface area contributed by atoms with Crippen LogP contribution in [0.2, 0.25) is 0 Å². The van der Waals surface area contributed by atoms with Gasteiger partial charge in [0.2, 0.25) is 0 Å². The Morgan fingerprint density at radius 2 is 1.88 bits per heavy atom. The van der Waals surface area contributed by atoms with E-state index >= 15 is 0 Å². The van der Waals surface area contributed by atoms with E-state index in [-0.39, 0.29) is 11.8 Å². The van der Waals surface area contributed by atoms with Crippen LogP contribution in [0.5, 0.6) is 0 Å². The number of carbonyl (C=O) groups is 1. The minimum atomic E-state index is -0.322. The summed E-state index contributed by atoms with van der Waals surface area (Å²) in [5.41, 5.74) is 4.37. The predicted molar refractivity (Wildman–Crippen MR) is 97.2 cm³/mol. The maximum Gasteiger partial charge on any atom is 0.346 e. The van der Waals surface area contributed by atoms with E-state index in [0.717, 1.165) is 23.5 Å². The fourth-order valence-electron chi connectivity index (χ4n) is 3.75. The molecule has 0 atom stereocenters. The summed E-state index contributed by atoms with van der Waals surface area (Å²) in [6.45, 7) is 0. The molecule has 4 rings (SSSR count). The van der Waals surface area contributed by atoms with E-state index in [9.17, 15) is 9.18 Å². The number of nitrogens with one attached hydrogen (secondary N) is 2. The molecule has 1 aliphatic heterocycles. The SMILES string of the molecule is O=C1[N]c2cc(Nc3ccc(F)cc3)c(CC3CCCCC3)cc2N1. The van der Waals surface area contributed by atoms with Gasteiger partial charge in [0.1, 0.15) is 5.82 Å². The lowest BCUT2D eigenvalue weighted by atomic mass is 9.84. The monoisotopic (exact) mass is 338 g/mol. The molecular formula is C20H21FN3O. The van der Waals surface area contributed by atoms with Gasteiger partial charge in [-0.15, -0.1) is 0 Å². The normalized spacial score (nSPS) is 16.9. The first-order chi connectivity index (χ1) is 12.2. The van der Waals surface area contributed by atoms with E-state index < -0.39 is 0 Å². The van der Waals surface area contributed by atoms with Gasteiger partial charge < -0.3 is 10.6 Å². The van der Waals surface area contributed by atoms with Crippen molar-refractivity contribution in [2.75, 3.05) is 10.6 Å². The van der Waals surface area contributed by atoms with Gasteiger partial charge in [0.05, 0.1) is 11.4 Å². The van der Waals surface area contributed by atoms with E-state index in [0.29, 0.717) is 11.6 Å². The van der Waals surface area contributed by atoms with Crippen LogP contribution in [0.15, 0.2) is 36.4 Å². The molecule has 1 heterocycles. The van der Waals surface area contributed by atoms with E-state index in [2.05, 4.69) is 16.0 Å². The number of amides is 2. The first kappa shape index (κ1) is 15.9. The molecule has 4 nitrogen and oxygen atoms in total. The zero-order chi connectivity index (χ0) is 17.2. The summed E-state index contributed by atoms with van der Waals surface area (Å²) >= 11 is 0. The highest BCUT2D eigenvalue weighted by atomic mass is 19.1. The van der Waals surface area contributed by atoms with Gasteiger partial charge in [-0.05, 0) is 54.3 Å². The molecule has 1 aliphatic carbocycles. The smallest absolute Gasteiger partial charge is 0.346 e. The Morgan fingerprint density at radius 1 is 1.12 bits per heavy atom. The Morgan fingerprint density at radius 3 is 2.64 bits per heavy atom. The average Bonchev–Trinajstić information content (AvgIpc) is 2.97. The fraction of sp³-hybridized carbons (Fsp3) is 0.350. The molecule has 2 N–H and O–H groups in total. The van der Waals surface area contributed by atoms with Crippen molar-refractivity contribution in [2.24, 2.45) is 5.92 Å². The number of rotatable bonds is 4. The van der Waals surface area contributed by atoms with Crippen molar-refractivity contribution in [3.05, 3.63) is 47.8 Å². The molecule has 1 saturated carbocycles. The highest BCUT2D eigenvalue weighted by Gasteiger charge is 2.23. The molecule has 0 unspecified atom stereocenters. The van der Waals surface area contributed by atoms with Gasteiger partial charge in [0.25, 0.3) is 0 Å². The van der Waals surface area contributed by atoms with Crippen molar-refractivity contribution in [2.45, 2.75) is 38.5 Å². The standard InChI is InChI=1S/C20H21FN3O/c21-15-6-8-16(9-7-15)22-17-12-19-18(23-20(25)24-19)11-14(17)10-13-4-2-1-3-5-13/h6-9,11-13,22H,1-5,10H2,(H,23,25). The number of fused-ring (bicyclic) bond motifs is 1. The van der Waals surface area contributed by atoms with Crippen LogP contribution in [0.1, 0.15) is 37.7 Å². The van der Waals surface area contributed by atoms with Crippen LogP contribution in [0.25, 0.3) is 0 Å². The Labute approximate surface area is 146 Å². The second-order valence-electron chi connectivity index (χ2n) is 6.91. The molecular weight excluding hydrogens is 317 g/mol. The number of carbonyl (C=O) groups excluding carboxylic acids is 1. The number of hydrogen-bond acceptors (Lipinski definition) is 2. The number of nitrogens with zero attached hydrogens (tertiary/aromatic N) is 1. The molecule has 0 aromatic heterocycles. The van der Waals surface area contributed by atoms with Gasteiger partial charge in [0.15, 0.2) is 0 Å². The largest absolute Gasteiger partial charge is 0.355 e.